The van der Waals surface area contributed by atoms with Gasteiger partial charge in [0.15, 0.2) is 6.61 Å². The van der Waals surface area contributed by atoms with Gasteiger partial charge in [0, 0.05) is 10.7 Å². The van der Waals surface area contributed by atoms with Crippen LogP contribution in [0.25, 0.3) is 6.08 Å². The molecule has 0 unspecified atom stereocenters. The number of anilines is 1. The third-order valence-corrected chi connectivity index (χ3v) is 6.25. The number of para-hydroxylation sites is 1. The zero-order chi connectivity index (χ0) is 24.1. The Bertz CT molecular complexity index is 1260. The summed E-state index contributed by atoms with van der Waals surface area (Å²) < 4.78 is 5.52. The first kappa shape index (κ1) is 23.9. The number of nitrogens with one attached hydrogen (secondary N) is 1. The Morgan fingerprint density at radius 3 is 2.44 bits per heavy atom. The van der Waals surface area contributed by atoms with Crippen LogP contribution in [-0.2, 0) is 16.1 Å². The van der Waals surface area contributed by atoms with Gasteiger partial charge in [-0.2, -0.15) is 0 Å². The maximum absolute atomic E-state index is 12.8. The molecule has 172 valence electrons. The van der Waals surface area contributed by atoms with Crippen LogP contribution in [0.2, 0.25) is 10.0 Å². The number of amides is 3. The molecule has 3 aromatic carbocycles. The molecule has 34 heavy (non-hydrogen) atoms. The first-order valence-electron chi connectivity index (χ1n) is 10.2. The summed E-state index contributed by atoms with van der Waals surface area (Å²) in [6.07, 6.45) is 1.60. The summed E-state index contributed by atoms with van der Waals surface area (Å²) in [5.41, 5.74) is 2.10. The van der Waals surface area contributed by atoms with E-state index in [1.807, 2.05) is 18.2 Å². The van der Waals surface area contributed by atoms with Crippen molar-refractivity contribution in [2.24, 2.45) is 0 Å². The first-order valence-corrected chi connectivity index (χ1v) is 11.7. The minimum Gasteiger partial charge on any atom is -0.482 e. The monoisotopic (exact) mass is 512 g/mol. The molecule has 6 nitrogen and oxygen atoms in total. The number of ether oxygens (including phenoxy) is 1. The molecule has 1 aliphatic heterocycles. The van der Waals surface area contributed by atoms with Gasteiger partial charge in [0.1, 0.15) is 5.75 Å². The number of hydrogen-bond donors (Lipinski definition) is 1. The molecule has 0 saturated carbocycles. The molecule has 1 heterocycles. The second-order valence-corrected chi connectivity index (χ2v) is 9.12. The summed E-state index contributed by atoms with van der Waals surface area (Å²) in [5, 5.41) is 3.24. The maximum atomic E-state index is 12.8. The van der Waals surface area contributed by atoms with Gasteiger partial charge in [0.05, 0.1) is 16.5 Å². The lowest BCUT2D eigenvalue weighted by molar-refractivity contribution is -0.123. The van der Waals surface area contributed by atoms with Crippen molar-refractivity contribution in [3.63, 3.8) is 0 Å². The Hall–Kier alpha value is -3.26. The van der Waals surface area contributed by atoms with Gasteiger partial charge in [-0.25, -0.2) is 0 Å². The van der Waals surface area contributed by atoms with Crippen LogP contribution in [0.1, 0.15) is 11.1 Å². The van der Waals surface area contributed by atoms with Crippen LogP contribution in [-0.4, -0.2) is 28.6 Å². The molecule has 1 N–H and O–H groups in total. The third kappa shape index (κ3) is 5.99. The van der Waals surface area contributed by atoms with E-state index in [2.05, 4.69) is 5.32 Å². The predicted molar refractivity (Wildman–Crippen MR) is 135 cm³/mol. The summed E-state index contributed by atoms with van der Waals surface area (Å²) in [7, 11) is 0. The average molecular weight is 513 g/mol. The lowest BCUT2D eigenvalue weighted by Gasteiger charge is -2.12. The summed E-state index contributed by atoms with van der Waals surface area (Å²) in [6, 6.07) is 20.9. The third-order valence-electron chi connectivity index (χ3n) is 4.80. The second-order valence-electron chi connectivity index (χ2n) is 7.29. The molecule has 0 atom stereocenters. The van der Waals surface area contributed by atoms with Crippen molar-refractivity contribution in [3.8, 4) is 5.75 Å². The van der Waals surface area contributed by atoms with E-state index < -0.39 is 0 Å². The minimum absolute atomic E-state index is 0.164. The molecule has 0 bridgehead atoms. The van der Waals surface area contributed by atoms with Crippen LogP contribution >= 0.6 is 35.0 Å². The summed E-state index contributed by atoms with van der Waals surface area (Å²) in [4.78, 5) is 38.7. The molecule has 0 spiro atoms. The van der Waals surface area contributed by atoms with Crippen molar-refractivity contribution in [1.29, 1.82) is 0 Å². The fraction of sp³-hybridized carbons (Fsp3) is 0.0800. The van der Waals surface area contributed by atoms with Gasteiger partial charge in [-0.15, -0.1) is 0 Å². The number of rotatable bonds is 7. The van der Waals surface area contributed by atoms with E-state index >= 15 is 0 Å². The van der Waals surface area contributed by atoms with Crippen molar-refractivity contribution in [3.05, 3.63) is 98.9 Å². The number of nitrogens with zero attached hydrogens (tertiary/aromatic N) is 1. The van der Waals surface area contributed by atoms with E-state index in [0.717, 1.165) is 17.3 Å². The molecule has 0 aliphatic carbocycles. The fourth-order valence-corrected chi connectivity index (χ4v) is 4.35. The van der Waals surface area contributed by atoms with Crippen LogP contribution in [0.5, 0.6) is 5.75 Å². The molecule has 3 amide bonds. The predicted octanol–water partition coefficient (Wildman–Crippen LogP) is 6.25. The Morgan fingerprint density at radius 2 is 1.74 bits per heavy atom. The molecule has 4 rings (SSSR count). The first-order chi connectivity index (χ1) is 16.4. The van der Waals surface area contributed by atoms with Crippen molar-refractivity contribution in [1.82, 2.24) is 4.90 Å². The second kappa shape index (κ2) is 10.8. The fourth-order valence-electron chi connectivity index (χ4n) is 3.15. The zero-order valence-electron chi connectivity index (χ0n) is 17.7. The minimum atomic E-state index is -0.376. The maximum Gasteiger partial charge on any atom is 0.293 e. The van der Waals surface area contributed by atoms with Crippen LogP contribution in [0, 0.1) is 0 Å². The number of carbonyl (C=O) groups is 3. The Balaban J connectivity index is 1.38. The van der Waals surface area contributed by atoms with Crippen LogP contribution in [0.15, 0.2) is 77.7 Å². The topological polar surface area (TPSA) is 75.7 Å². The molecule has 1 aliphatic rings. The van der Waals surface area contributed by atoms with Gasteiger partial charge in [-0.05, 0) is 65.4 Å². The molecule has 3 aromatic rings. The van der Waals surface area contributed by atoms with Gasteiger partial charge >= 0.3 is 0 Å². The molecule has 9 heteroatoms. The van der Waals surface area contributed by atoms with E-state index in [-0.39, 0.29) is 35.2 Å². The highest BCUT2D eigenvalue weighted by Crippen LogP contribution is 2.34. The number of hydrogen-bond acceptors (Lipinski definition) is 5. The Labute approximate surface area is 210 Å². The van der Waals surface area contributed by atoms with Gasteiger partial charge < -0.3 is 10.1 Å². The molecular formula is C25H18Cl2N2O4S. The Kier molecular flexibility index (Phi) is 7.57. The highest BCUT2D eigenvalue weighted by molar-refractivity contribution is 8.18. The molecule has 0 radical (unpaired) electrons. The Morgan fingerprint density at radius 1 is 1.00 bits per heavy atom. The van der Waals surface area contributed by atoms with E-state index in [1.54, 1.807) is 60.7 Å². The number of carbonyl (C=O) groups excluding carboxylic acids is 3. The zero-order valence-corrected chi connectivity index (χ0v) is 20.0. The lowest BCUT2D eigenvalue weighted by Crippen LogP contribution is -2.27. The van der Waals surface area contributed by atoms with E-state index in [4.69, 9.17) is 27.9 Å². The number of benzene rings is 3. The highest BCUT2D eigenvalue weighted by Gasteiger charge is 2.35. The SMILES string of the molecule is O=C(COc1ccc(/C=C2/SC(=O)N(Cc3ccc(Cl)cc3)C2=O)cc1Cl)Nc1ccccc1. The smallest absolute Gasteiger partial charge is 0.293 e. The van der Waals surface area contributed by atoms with Gasteiger partial charge in [0.2, 0.25) is 0 Å². The van der Waals surface area contributed by atoms with E-state index in [1.165, 1.54) is 4.90 Å². The van der Waals surface area contributed by atoms with Crippen molar-refractivity contribution in [2.75, 3.05) is 11.9 Å². The summed E-state index contributed by atoms with van der Waals surface area (Å²) in [6.45, 7) is -0.0463. The van der Waals surface area contributed by atoms with Crippen LogP contribution < -0.4 is 10.1 Å². The molecular weight excluding hydrogens is 495 g/mol. The number of halogens is 2. The van der Waals surface area contributed by atoms with Crippen LogP contribution in [0.3, 0.4) is 0 Å². The normalized spacial score (nSPS) is 14.5. The highest BCUT2D eigenvalue weighted by atomic mass is 35.5. The van der Waals surface area contributed by atoms with Crippen molar-refractivity contribution < 1.29 is 19.1 Å². The summed E-state index contributed by atoms with van der Waals surface area (Å²) >= 11 is 13.1. The van der Waals surface area contributed by atoms with Crippen LogP contribution in [0.4, 0.5) is 10.5 Å². The van der Waals surface area contributed by atoms with E-state index in [0.29, 0.717) is 26.9 Å². The van der Waals surface area contributed by atoms with Crippen molar-refractivity contribution >= 4 is 63.8 Å². The number of thioether (sulfide) groups is 1. The van der Waals surface area contributed by atoms with Gasteiger partial charge in [-0.3, -0.25) is 19.3 Å². The largest absolute Gasteiger partial charge is 0.482 e. The quantitative estimate of drug-likeness (QED) is 0.378. The standard InChI is InChI=1S/C25H18Cl2N2O4S/c26-18-9-6-16(7-10-18)14-29-24(31)22(34-25(29)32)13-17-8-11-21(20(27)12-17)33-15-23(30)28-19-4-2-1-3-5-19/h1-13H,14-15H2,(H,28,30)/b22-13+. The van der Waals surface area contributed by atoms with Gasteiger partial charge in [-0.1, -0.05) is 59.6 Å². The lowest BCUT2D eigenvalue weighted by atomic mass is 10.2. The average Bonchev–Trinajstić information content (AvgIpc) is 3.08. The number of imide groups is 1. The van der Waals surface area contributed by atoms with E-state index in [9.17, 15) is 14.4 Å². The molecule has 1 saturated heterocycles. The molecule has 0 aromatic heterocycles. The summed E-state index contributed by atoms with van der Waals surface area (Å²) in [5.74, 6) is -0.363. The molecule has 1 fully saturated rings. The van der Waals surface area contributed by atoms with Gasteiger partial charge in [0.25, 0.3) is 17.1 Å². The van der Waals surface area contributed by atoms with Crippen molar-refractivity contribution in [2.45, 2.75) is 6.54 Å².